The molecule has 1 aliphatic rings. The predicted molar refractivity (Wildman–Crippen MR) is 73.6 cm³/mol. The topological polar surface area (TPSA) is 77.5 Å². The van der Waals surface area contributed by atoms with Crippen LogP contribution in [-0.2, 0) is 19.1 Å². The van der Waals surface area contributed by atoms with Gasteiger partial charge in [0.15, 0.2) is 17.3 Å². The molecule has 0 heterocycles. The SMILES string of the molecule is CCOC(=O)C1CC(=O)C(C(=O)c2ccccc2)C(=O)C1. The summed E-state index contributed by atoms with van der Waals surface area (Å²) in [6.07, 6.45) is -0.234. The predicted octanol–water partition coefficient (Wildman–Crippen LogP) is 1.60. The van der Waals surface area contributed by atoms with Crippen LogP contribution in [0, 0.1) is 11.8 Å². The summed E-state index contributed by atoms with van der Waals surface area (Å²) in [6.45, 7) is 1.86. The third-order valence-corrected chi connectivity index (χ3v) is 3.48. The minimum absolute atomic E-state index is 0.117. The van der Waals surface area contributed by atoms with Crippen molar-refractivity contribution in [3.8, 4) is 0 Å². The van der Waals surface area contributed by atoms with Crippen LogP contribution >= 0.6 is 0 Å². The maximum atomic E-state index is 12.3. The average Bonchev–Trinajstić information content (AvgIpc) is 2.47. The fourth-order valence-corrected chi connectivity index (χ4v) is 2.46. The smallest absolute Gasteiger partial charge is 0.309 e. The third-order valence-electron chi connectivity index (χ3n) is 3.48. The maximum absolute atomic E-state index is 12.3. The van der Waals surface area contributed by atoms with E-state index >= 15 is 0 Å². The lowest BCUT2D eigenvalue weighted by Gasteiger charge is -2.24. The molecular weight excluding hydrogens is 272 g/mol. The number of benzene rings is 1. The van der Waals surface area contributed by atoms with E-state index in [0.29, 0.717) is 5.56 Å². The fourth-order valence-electron chi connectivity index (χ4n) is 2.46. The molecule has 0 radical (unpaired) electrons. The minimum atomic E-state index is -1.28. The molecule has 0 aromatic heterocycles. The molecule has 1 saturated carbocycles. The van der Waals surface area contributed by atoms with Crippen LogP contribution in [0.15, 0.2) is 30.3 Å². The van der Waals surface area contributed by atoms with Gasteiger partial charge >= 0.3 is 5.97 Å². The van der Waals surface area contributed by atoms with Gasteiger partial charge in [-0.15, -0.1) is 0 Å². The van der Waals surface area contributed by atoms with Gasteiger partial charge in [0.25, 0.3) is 0 Å². The molecule has 0 saturated heterocycles. The van der Waals surface area contributed by atoms with E-state index in [1.54, 1.807) is 37.3 Å². The van der Waals surface area contributed by atoms with E-state index < -0.39 is 35.2 Å². The second-order valence-electron chi connectivity index (χ2n) is 4.95. The Labute approximate surface area is 122 Å². The van der Waals surface area contributed by atoms with E-state index in [4.69, 9.17) is 4.74 Å². The summed E-state index contributed by atoms with van der Waals surface area (Å²) in [5, 5.41) is 0. The third kappa shape index (κ3) is 3.24. The summed E-state index contributed by atoms with van der Waals surface area (Å²) in [5.41, 5.74) is 0.332. The first kappa shape index (κ1) is 15.1. The van der Waals surface area contributed by atoms with Crippen LogP contribution in [0.3, 0.4) is 0 Å². The Morgan fingerprint density at radius 3 is 2.19 bits per heavy atom. The van der Waals surface area contributed by atoms with Crippen molar-refractivity contribution in [1.29, 1.82) is 0 Å². The van der Waals surface area contributed by atoms with Gasteiger partial charge < -0.3 is 4.74 Å². The monoisotopic (exact) mass is 288 g/mol. The van der Waals surface area contributed by atoms with E-state index in [0.717, 1.165) is 0 Å². The molecule has 1 aromatic carbocycles. The Hall–Kier alpha value is -2.30. The van der Waals surface area contributed by atoms with Crippen molar-refractivity contribution in [1.82, 2.24) is 0 Å². The van der Waals surface area contributed by atoms with Gasteiger partial charge in [0.1, 0.15) is 5.92 Å². The second kappa shape index (κ2) is 6.43. The van der Waals surface area contributed by atoms with E-state index in [1.807, 2.05) is 0 Å². The van der Waals surface area contributed by atoms with Crippen molar-refractivity contribution in [3.05, 3.63) is 35.9 Å². The molecule has 0 atom stereocenters. The molecule has 5 heteroatoms. The van der Waals surface area contributed by atoms with Crippen LogP contribution in [0.1, 0.15) is 30.1 Å². The molecular formula is C16H16O5. The summed E-state index contributed by atoms with van der Waals surface area (Å²) < 4.78 is 4.83. The van der Waals surface area contributed by atoms with Gasteiger partial charge in [-0.2, -0.15) is 0 Å². The maximum Gasteiger partial charge on any atom is 0.309 e. The van der Waals surface area contributed by atoms with Crippen LogP contribution in [0.25, 0.3) is 0 Å². The van der Waals surface area contributed by atoms with Crippen LogP contribution in [0.2, 0.25) is 0 Å². The Balaban J connectivity index is 2.14. The molecule has 0 N–H and O–H groups in total. The molecule has 21 heavy (non-hydrogen) atoms. The molecule has 1 aromatic rings. The first-order chi connectivity index (χ1) is 10.0. The number of hydrogen-bond acceptors (Lipinski definition) is 5. The summed E-state index contributed by atoms with van der Waals surface area (Å²) in [5.74, 6) is -4.09. The Bertz CT molecular complexity index is 558. The van der Waals surface area contributed by atoms with Crippen LogP contribution in [0.4, 0.5) is 0 Å². The van der Waals surface area contributed by atoms with E-state index in [-0.39, 0.29) is 19.4 Å². The number of hydrogen-bond donors (Lipinski definition) is 0. The van der Waals surface area contributed by atoms with Gasteiger partial charge in [0.2, 0.25) is 0 Å². The number of carbonyl (C=O) groups excluding carboxylic acids is 4. The average molecular weight is 288 g/mol. The molecule has 1 aliphatic carbocycles. The highest BCUT2D eigenvalue weighted by molar-refractivity contribution is 6.25. The molecule has 0 bridgehead atoms. The summed E-state index contributed by atoms with van der Waals surface area (Å²) in [7, 11) is 0. The molecule has 1 fully saturated rings. The van der Waals surface area contributed by atoms with Crippen molar-refractivity contribution >= 4 is 23.3 Å². The van der Waals surface area contributed by atoms with Crippen LogP contribution < -0.4 is 0 Å². The lowest BCUT2D eigenvalue weighted by atomic mass is 9.76. The van der Waals surface area contributed by atoms with Gasteiger partial charge in [-0.05, 0) is 6.92 Å². The van der Waals surface area contributed by atoms with E-state index in [9.17, 15) is 19.2 Å². The van der Waals surface area contributed by atoms with Gasteiger partial charge in [-0.25, -0.2) is 0 Å². The molecule has 0 aliphatic heterocycles. The van der Waals surface area contributed by atoms with Crippen LogP contribution in [-0.4, -0.2) is 29.9 Å². The molecule has 0 amide bonds. The minimum Gasteiger partial charge on any atom is -0.466 e. The first-order valence-electron chi connectivity index (χ1n) is 6.86. The fraction of sp³-hybridized carbons (Fsp3) is 0.375. The number of rotatable bonds is 4. The van der Waals surface area contributed by atoms with Crippen molar-refractivity contribution in [3.63, 3.8) is 0 Å². The summed E-state index contributed by atoms with van der Waals surface area (Å²) in [6, 6.07) is 8.23. The molecule has 0 unspecified atom stereocenters. The van der Waals surface area contributed by atoms with E-state index in [2.05, 4.69) is 0 Å². The quantitative estimate of drug-likeness (QED) is 0.478. The zero-order valence-electron chi connectivity index (χ0n) is 11.7. The number of carbonyl (C=O) groups is 4. The molecule has 2 rings (SSSR count). The normalized spacial score (nSPS) is 22.0. The van der Waals surface area contributed by atoms with Crippen molar-refractivity contribution < 1.29 is 23.9 Å². The van der Waals surface area contributed by atoms with Gasteiger partial charge in [-0.3, -0.25) is 19.2 Å². The van der Waals surface area contributed by atoms with Gasteiger partial charge in [-0.1, -0.05) is 30.3 Å². The molecule has 110 valence electrons. The lowest BCUT2D eigenvalue weighted by molar-refractivity contribution is -0.154. The zero-order chi connectivity index (χ0) is 15.4. The highest BCUT2D eigenvalue weighted by atomic mass is 16.5. The number of ether oxygens (including phenoxy) is 1. The number of ketones is 3. The lowest BCUT2D eigenvalue weighted by Crippen LogP contribution is -2.41. The van der Waals surface area contributed by atoms with Crippen molar-refractivity contribution in [2.75, 3.05) is 6.61 Å². The highest BCUT2D eigenvalue weighted by Gasteiger charge is 2.42. The second-order valence-corrected chi connectivity index (χ2v) is 4.95. The molecule has 0 spiro atoms. The standard InChI is InChI=1S/C16H16O5/c1-2-21-16(20)11-8-12(17)14(13(18)9-11)15(19)10-6-4-3-5-7-10/h3-7,11,14H,2,8-9H2,1H3. The number of Topliss-reactive ketones (excluding diaryl/α,β-unsaturated/α-hetero) is 3. The summed E-state index contributed by atoms with van der Waals surface area (Å²) in [4.78, 5) is 48.1. The largest absolute Gasteiger partial charge is 0.466 e. The molecule has 5 nitrogen and oxygen atoms in total. The number of esters is 1. The van der Waals surface area contributed by atoms with Crippen LogP contribution in [0.5, 0.6) is 0 Å². The summed E-state index contributed by atoms with van der Waals surface area (Å²) >= 11 is 0. The Morgan fingerprint density at radius 1 is 1.10 bits per heavy atom. The highest BCUT2D eigenvalue weighted by Crippen LogP contribution is 2.27. The first-order valence-corrected chi connectivity index (χ1v) is 6.86. The van der Waals surface area contributed by atoms with Crippen molar-refractivity contribution in [2.45, 2.75) is 19.8 Å². The van der Waals surface area contributed by atoms with E-state index in [1.165, 1.54) is 0 Å². The van der Waals surface area contributed by atoms with Gasteiger partial charge in [0, 0.05) is 18.4 Å². The van der Waals surface area contributed by atoms with Crippen molar-refractivity contribution in [2.24, 2.45) is 11.8 Å². The Morgan fingerprint density at radius 2 is 1.67 bits per heavy atom. The Kier molecular flexibility index (Phi) is 4.62. The zero-order valence-corrected chi connectivity index (χ0v) is 11.7. The van der Waals surface area contributed by atoms with Gasteiger partial charge in [0.05, 0.1) is 12.5 Å².